The molecule has 3 N–H and O–H groups in total. The largest absolute Gasteiger partial charge is 0.394 e. The lowest BCUT2D eigenvalue weighted by Gasteiger charge is -2.25. The summed E-state index contributed by atoms with van der Waals surface area (Å²) in [6.07, 6.45) is 0.725. The number of hydrogen-bond acceptors (Lipinski definition) is 3. The Balaban J connectivity index is 2.41. The molecule has 22 heavy (non-hydrogen) atoms. The van der Waals surface area contributed by atoms with Crippen LogP contribution in [0, 0.1) is 5.41 Å². The number of amides is 2. The van der Waals surface area contributed by atoms with E-state index in [1.54, 1.807) is 7.11 Å². The molecular formula is C17H28N2O3. The first-order valence-corrected chi connectivity index (χ1v) is 7.56. The summed E-state index contributed by atoms with van der Waals surface area (Å²) >= 11 is 0. The number of benzene rings is 1. The fourth-order valence-corrected chi connectivity index (χ4v) is 2.24. The molecule has 124 valence electrons. The summed E-state index contributed by atoms with van der Waals surface area (Å²) in [5.41, 5.74) is 2.17. The number of urea groups is 1. The van der Waals surface area contributed by atoms with E-state index in [-0.39, 0.29) is 24.1 Å². The number of rotatable bonds is 7. The molecule has 1 rings (SSSR count). The molecule has 0 aliphatic heterocycles. The van der Waals surface area contributed by atoms with Gasteiger partial charge in [0.1, 0.15) is 0 Å². The van der Waals surface area contributed by atoms with Crippen LogP contribution in [0.25, 0.3) is 0 Å². The fourth-order valence-electron chi connectivity index (χ4n) is 2.24. The summed E-state index contributed by atoms with van der Waals surface area (Å²) in [4.78, 5) is 11.9. The van der Waals surface area contributed by atoms with Gasteiger partial charge in [0.05, 0.1) is 19.3 Å². The summed E-state index contributed by atoms with van der Waals surface area (Å²) < 4.78 is 5.06. The van der Waals surface area contributed by atoms with Crippen molar-refractivity contribution in [2.75, 3.05) is 13.7 Å². The second-order valence-electron chi connectivity index (χ2n) is 6.72. The van der Waals surface area contributed by atoms with Crippen LogP contribution in [0.4, 0.5) is 4.79 Å². The molecule has 2 amide bonds. The molecule has 0 saturated heterocycles. The van der Waals surface area contributed by atoms with E-state index in [9.17, 15) is 9.90 Å². The van der Waals surface area contributed by atoms with Crippen LogP contribution in [0.1, 0.15) is 38.3 Å². The Labute approximate surface area is 133 Å². The van der Waals surface area contributed by atoms with Crippen molar-refractivity contribution in [3.8, 4) is 0 Å². The molecule has 0 heterocycles. The first-order valence-electron chi connectivity index (χ1n) is 7.56. The van der Waals surface area contributed by atoms with Crippen molar-refractivity contribution in [1.29, 1.82) is 0 Å². The maximum absolute atomic E-state index is 11.9. The van der Waals surface area contributed by atoms with Crippen LogP contribution in [0.15, 0.2) is 24.3 Å². The van der Waals surface area contributed by atoms with E-state index in [0.717, 1.165) is 17.5 Å². The third-order valence-electron chi connectivity index (χ3n) is 3.20. The van der Waals surface area contributed by atoms with Gasteiger partial charge in [-0.05, 0) is 23.0 Å². The van der Waals surface area contributed by atoms with Crippen LogP contribution < -0.4 is 10.6 Å². The maximum Gasteiger partial charge on any atom is 0.315 e. The highest BCUT2D eigenvalue weighted by Gasteiger charge is 2.19. The minimum atomic E-state index is -0.260. The molecule has 5 nitrogen and oxygen atoms in total. The van der Waals surface area contributed by atoms with Gasteiger partial charge in [0.2, 0.25) is 0 Å². The highest BCUT2D eigenvalue weighted by atomic mass is 16.5. The van der Waals surface area contributed by atoms with E-state index in [1.807, 2.05) is 24.3 Å². The lowest BCUT2D eigenvalue weighted by Crippen LogP contribution is -2.45. The number of aliphatic hydroxyl groups excluding tert-OH is 1. The first-order chi connectivity index (χ1) is 10.3. The molecule has 1 aromatic carbocycles. The van der Waals surface area contributed by atoms with Gasteiger partial charge in [-0.3, -0.25) is 0 Å². The van der Waals surface area contributed by atoms with Gasteiger partial charge in [-0.2, -0.15) is 0 Å². The SMILES string of the molecule is COCc1ccc(CNC(=O)NC(CO)CC(C)(C)C)cc1. The van der Waals surface area contributed by atoms with Crippen molar-refractivity contribution in [2.45, 2.75) is 46.4 Å². The average molecular weight is 308 g/mol. The summed E-state index contributed by atoms with van der Waals surface area (Å²) in [5.74, 6) is 0. The molecule has 5 heteroatoms. The van der Waals surface area contributed by atoms with Crippen molar-refractivity contribution in [1.82, 2.24) is 10.6 Å². The van der Waals surface area contributed by atoms with E-state index >= 15 is 0 Å². The molecule has 0 spiro atoms. The van der Waals surface area contributed by atoms with Gasteiger partial charge in [0.15, 0.2) is 0 Å². The van der Waals surface area contributed by atoms with Gasteiger partial charge < -0.3 is 20.5 Å². The number of carbonyl (C=O) groups is 1. The molecule has 1 aromatic rings. The quantitative estimate of drug-likeness (QED) is 0.724. The van der Waals surface area contributed by atoms with Crippen molar-refractivity contribution in [3.63, 3.8) is 0 Å². The summed E-state index contributed by atoms with van der Waals surface area (Å²) in [7, 11) is 1.66. The highest BCUT2D eigenvalue weighted by molar-refractivity contribution is 5.74. The number of ether oxygens (including phenoxy) is 1. The van der Waals surface area contributed by atoms with E-state index in [1.165, 1.54) is 0 Å². The second-order valence-corrected chi connectivity index (χ2v) is 6.72. The van der Waals surface area contributed by atoms with Crippen molar-refractivity contribution >= 4 is 6.03 Å². The van der Waals surface area contributed by atoms with Crippen LogP contribution in [0.2, 0.25) is 0 Å². The fraction of sp³-hybridized carbons (Fsp3) is 0.588. The van der Waals surface area contributed by atoms with Crippen LogP contribution in [0.3, 0.4) is 0 Å². The Morgan fingerprint density at radius 3 is 2.32 bits per heavy atom. The molecule has 0 bridgehead atoms. The highest BCUT2D eigenvalue weighted by Crippen LogP contribution is 2.20. The molecule has 1 atom stereocenters. The molecule has 0 radical (unpaired) electrons. The van der Waals surface area contributed by atoms with E-state index < -0.39 is 0 Å². The predicted molar refractivity (Wildman–Crippen MR) is 87.5 cm³/mol. The molecule has 0 fully saturated rings. The summed E-state index contributed by atoms with van der Waals surface area (Å²) in [5, 5.41) is 15.0. The molecule has 0 aliphatic carbocycles. The zero-order valence-electron chi connectivity index (χ0n) is 14.0. The Kier molecular flexibility index (Phi) is 7.35. The molecule has 0 aliphatic rings. The maximum atomic E-state index is 11.9. The Hall–Kier alpha value is -1.59. The topological polar surface area (TPSA) is 70.6 Å². The third kappa shape index (κ3) is 7.43. The summed E-state index contributed by atoms with van der Waals surface area (Å²) in [6, 6.07) is 7.40. The average Bonchev–Trinajstić information content (AvgIpc) is 2.45. The van der Waals surface area contributed by atoms with Gasteiger partial charge >= 0.3 is 6.03 Å². The molecule has 1 unspecified atom stereocenters. The number of methoxy groups -OCH3 is 1. The van der Waals surface area contributed by atoms with Crippen LogP contribution in [-0.2, 0) is 17.9 Å². The number of carbonyl (C=O) groups excluding carboxylic acids is 1. The minimum Gasteiger partial charge on any atom is -0.394 e. The number of nitrogens with one attached hydrogen (secondary N) is 2. The van der Waals surface area contributed by atoms with E-state index in [0.29, 0.717) is 13.2 Å². The number of hydrogen-bond donors (Lipinski definition) is 3. The Bertz CT molecular complexity index is 452. The smallest absolute Gasteiger partial charge is 0.315 e. The zero-order valence-corrected chi connectivity index (χ0v) is 14.0. The Morgan fingerprint density at radius 1 is 1.23 bits per heavy atom. The van der Waals surface area contributed by atoms with E-state index in [4.69, 9.17) is 4.74 Å². The lowest BCUT2D eigenvalue weighted by atomic mass is 9.88. The van der Waals surface area contributed by atoms with Gasteiger partial charge in [0, 0.05) is 13.7 Å². The molecular weight excluding hydrogens is 280 g/mol. The molecule has 0 saturated carbocycles. The van der Waals surface area contributed by atoms with Gasteiger partial charge in [-0.15, -0.1) is 0 Å². The normalized spacial score (nSPS) is 12.8. The monoisotopic (exact) mass is 308 g/mol. The third-order valence-corrected chi connectivity index (χ3v) is 3.20. The standard InChI is InChI=1S/C17H28N2O3/c1-17(2,3)9-15(11-20)19-16(21)18-10-13-5-7-14(8-6-13)12-22-4/h5-8,15,20H,9-12H2,1-4H3,(H2,18,19,21). The van der Waals surface area contributed by atoms with Crippen molar-refractivity contribution in [2.24, 2.45) is 5.41 Å². The van der Waals surface area contributed by atoms with Gasteiger partial charge in [-0.1, -0.05) is 45.0 Å². The lowest BCUT2D eigenvalue weighted by molar-refractivity contribution is 0.185. The van der Waals surface area contributed by atoms with Crippen LogP contribution >= 0.6 is 0 Å². The first kappa shape index (κ1) is 18.5. The van der Waals surface area contributed by atoms with Crippen LogP contribution in [0.5, 0.6) is 0 Å². The predicted octanol–water partition coefficient (Wildman–Crippen LogP) is 2.43. The van der Waals surface area contributed by atoms with E-state index in [2.05, 4.69) is 31.4 Å². The Morgan fingerprint density at radius 2 is 1.82 bits per heavy atom. The van der Waals surface area contributed by atoms with Crippen LogP contribution in [-0.4, -0.2) is 30.9 Å². The van der Waals surface area contributed by atoms with Crippen molar-refractivity contribution < 1.29 is 14.6 Å². The summed E-state index contributed by atoms with van der Waals surface area (Å²) in [6.45, 7) is 7.22. The van der Waals surface area contributed by atoms with Crippen molar-refractivity contribution in [3.05, 3.63) is 35.4 Å². The minimum absolute atomic E-state index is 0.0534. The second kappa shape index (κ2) is 8.76. The molecule has 0 aromatic heterocycles. The number of aliphatic hydroxyl groups is 1. The zero-order chi connectivity index (χ0) is 16.6. The van der Waals surface area contributed by atoms with Gasteiger partial charge in [0.25, 0.3) is 0 Å². The van der Waals surface area contributed by atoms with Gasteiger partial charge in [-0.25, -0.2) is 4.79 Å².